The SMILES string of the molecule is C=C1C(C(O)C#CCCCO[Si](c2ccccc2)(c2ccccc2)C(C)(C)C)C2(C[C@@H](C)[C@]1(C)CO[Si](C)(C)C(C)(C)C)OCCO2. The normalized spacial score (nSPS) is 24.2. The minimum atomic E-state index is -2.60. The second-order valence-electron chi connectivity index (χ2n) is 16.5. The Morgan fingerprint density at radius 1 is 0.915 bits per heavy atom. The molecule has 2 fully saturated rings. The van der Waals surface area contributed by atoms with E-state index in [1.807, 2.05) is 0 Å². The van der Waals surface area contributed by atoms with E-state index in [-0.39, 0.29) is 21.4 Å². The maximum absolute atomic E-state index is 11.7. The topological polar surface area (TPSA) is 57.2 Å². The number of rotatable bonds is 10. The first-order chi connectivity index (χ1) is 21.9. The summed E-state index contributed by atoms with van der Waals surface area (Å²) in [7, 11) is -4.59. The summed E-state index contributed by atoms with van der Waals surface area (Å²) in [5, 5.41) is 14.3. The van der Waals surface area contributed by atoms with Crippen molar-refractivity contribution in [3.05, 3.63) is 72.8 Å². The molecule has 4 rings (SSSR count). The molecule has 0 aromatic heterocycles. The van der Waals surface area contributed by atoms with E-state index >= 15 is 0 Å². The molecular weight excluding hydrogens is 617 g/mol. The zero-order chi connectivity index (χ0) is 34.7. The fraction of sp³-hybridized carbons (Fsp3) is 0.600. The lowest BCUT2D eigenvalue weighted by Crippen LogP contribution is -2.66. The summed E-state index contributed by atoms with van der Waals surface area (Å²) in [6, 6.07) is 21.4. The lowest BCUT2D eigenvalue weighted by molar-refractivity contribution is -0.234. The van der Waals surface area contributed by atoms with Crippen LogP contribution in [0.25, 0.3) is 0 Å². The van der Waals surface area contributed by atoms with Crippen LogP contribution in [-0.2, 0) is 18.3 Å². The van der Waals surface area contributed by atoms with Crippen LogP contribution in [0.4, 0.5) is 0 Å². The predicted molar refractivity (Wildman–Crippen MR) is 199 cm³/mol. The van der Waals surface area contributed by atoms with Gasteiger partial charge in [-0.2, -0.15) is 0 Å². The quantitative estimate of drug-likeness (QED) is 0.121. The van der Waals surface area contributed by atoms with Gasteiger partial charge in [0.15, 0.2) is 14.1 Å². The average Bonchev–Trinajstić information content (AvgIpc) is 3.47. The number of hydrogen-bond donors (Lipinski definition) is 1. The van der Waals surface area contributed by atoms with Gasteiger partial charge in [-0.25, -0.2) is 0 Å². The Kier molecular flexibility index (Phi) is 11.6. The lowest BCUT2D eigenvalue weighted by Gasteiger charge is -2.54. The summed E-state index contributed by atoms with van der Waals surface area (Å²) in [5.74, 6) is 5.30. The Balaban J connectivity index is 1.50. The van der Waals surface area contributed by atoms with Gasteiger partial charge < -0.3 is 23.4 Å². The van der Waals surface area contributed by atoms with Crippen LogP contribution in [0.3, 0.4) is 0 Å². The van der Waals surface area contributed by atoms with Gasteiger partial charge in [0.25, 0.3) is 8.32 Å². The molecule has 7 heteroatoms. The molecule has 0 bridgehead atoms. The molecule has 0 radical (unpaired) electrons. The highest BCUT2D eigenvalue weighted by molar-refractivity contribution is 6.99. The summed E-state index contributed by atoms with van der Waals surface area (Å²) in [5.41, 5.74) is 0.571. The predicted octanol–water partition coefficient (Wildman–Crippen LogP) is 7.69. The molecule has 2 unspecified atom stereocenters. The molecule has 2 aliphatic rings. The third-order valence-corrected chi connectivity index (χ3v) is 20.8. The van der Waals surface area contributed by atoms with E-state index < -0.39 is 34.4 Å². The highest BCUT2D eigenvalue weighted by atomic mass is 28.4. The zero-order valence-corrected chi connectivity index (χ0v) is 32.7. The number of hydrogen-bond acceptors (Lipinski definition) is 5. The molecule has 2 aromatic rings. The first-order valence-corrected chi connectivity index (χ1v) is 22.3. The van der Waals surface area contributed by atoms with E-state index in [1.54, 1.807) is 0 Å². The smallest absolute Gasteiger partial charge is 0.261 e. The number of ether oxygens (including phenoxy) is 2. The van der Waals surface area contributed by atoms with E-state index in [4.69, 9.17) is 18.3 Å². The molecule has 258 valence electrons. The molecule has 1 saturated heterocycles. The summed E-state index contributed by atoms with van der Waals surface area (Å²) >= 11 is 0. The highest BCUT2D eigenvalue weighted by Crippen LogP contribution is 2.55. The molecule has 1 heterocycles. The molecule has 0 amide bonds. The Morgan fingerprint density at radius 3 is 1.94 bits per heavy atom. The molecule has 1 aliphatic carbocycles. The second kappa shape index (κ2) is 14.4. The van der Waals surface area contributed by atoms with Crippen LogP contribution in [0, 0.1) is 29.1 Å². The van der Waals surface area contributed by atoms with E-state index in [1.165, 1.54) is 10.4 Å². The van der Waals surface area contributed by atoms with Crippen molar-refractivity contribution in [3.8, 4) is 11.8 Å². The third kappa shape index (κ3) is 7.60. The summed E-state index contributed by atoms with van der Waals surface area (Å²) < 4.78 is 26.4. The summed E-state index contributed by atoms with van der Waals surface area (Å²) in [4.78, 5) is 0. The minimum Gasteiger partial charge on any atom is -0.416 e. The minimum absolute atomic E-state index is 0.0768. The largest absolute Gasteiger partial charge is 0.416 e. The van der Waals surface area contributed by atoms with Crippen molar-refractivity contribution >= 4 is 27.0 Å². The van der Waals surface area contributed by atoms with E-state index in [0.29, 0.717) is 39.3 Å². The van der Waals surface area contributed by atoms with Crippen molar-refractivity contribution in [1.29, 1.82) is 0 Å². The molecule has 4 atom stereocenters. The first kappa shape index (κ1) is 37.8. The standard InChI is InChI=1S/C40H60O5Si2/c1-31-29-40(42-27-28-43-40)36(32(2)39(31,9)30-45-46(10,11)37(3,4)5)35(41)25-19-14-20-26-44-47(38(6,7)8,33-21-15-12-16-22-33)34-23-17-13-18-24-34/h12-13,15-18,21-24,31,35-36,41H,2,14,20,26-30H2,1,3-11H3/t31-,35?,36?,39+/m1/s1. The van der Waals surface area contributed by atoms with Gasteiger partial charge in [-0.05, 0) is 45.9 Å². The Morgan fingerprint density at radius 2 is 1.45 bits per heavy atom. The molecule has 1 N–H and O–H groups in total. The van der Waals surface area contributed by atoms with Crippen LogP contribution >= 0.6 is 0 Å². The molecule has 5 nitrogen and oxygen atoms in total. The third-order valence-electron chi connectivity index (χ3n) is 11.3. The van der Waals surface area contributed by atoms with Crippen LogP contribution in [0.2, 0.25) is 23.2 Å². The van der Waals surface area contributed by atoms with Gasteiger partial charge >= 0.3 is 0 Å². The fourth-order valence-corrected chi connectivity index (χ4v) is 12.8. The Hall–Kier alpha value is -2.03. The number of aliphatic hydroxyl groups excluding tert-OH is 1. The summed E-state index contributed by atoms with van der Waals surface area (Å²) in [6.07, 6.45) is 1.09. The van der Waals surface area contributed by atoms with E-state index in [0.717, 1.165) is 12.0 Å². The van der Waals surface area contributed by atoms with Crippen LogP contribution in [0.1, 0.15) is 74.7 Å². The molecule has 47 heavy (non-hydrogen) atoms. The van der Waals surface area contributed by atoms with Gasteiger partial charge in [-0.3, -0.25) is 0 Å². The number of aliphatic hydroxyl groups is 1. The number of benzene rings is 2. The van der Waals surface area contributed by atoms with Crippen LogP contribution in [0.5, 0.6) is 0 Å². The van der Waals surface area contributed by atoms with Crippen molar-refractivity contribution in [3.63, 3.8) is 0 Å². The maximum Gasteiger partial charge on any atom is 0.261 e. The zero-order valence-electron chi connectivity index (χ0n) is 30.7. The van der Waals surface area contributed by atoms with E-state index in [2.05, 4.69) is 148 Å². The van der Waals surface area contributed by atoms with Crippen LogP contribution < -0.4 is 10.4 Å². The monoisotopic (exact) mass is 676 g/mol. The van der Waals surface area contributed by atoms with Crippen molar-refractivity contribution in [2.24, 2.45) is 17.3 Å². The molecule has 1 spiro atoms. The van der Waals surface area contributed by atoms with Gasteiger partial charge in [0.05, 0.1) is 19.1 Å². The fourth-order valence-electron chi connectivity index (χ4n) is 7.10. The average molecular weight is 677 g/mol. The highest BCUT2D eigenvalue weighted by Gasteiger charge is 2.59. The molecule has 1 saturated carbocycles. The second-order valence-corrected chi connectivity index (χ2v) is 25.6. The van der Waals surface area contributed by atoms with Gasteiger partial charge in [0.2, 0.25) is 0 Å². The van der Waals surface area contributed by atoms with Gasteiger partial charge in [-0.15, -0.1) is 5.92 Å². The molecule has 1 aliphatic heterocycles. The van der Waals surface area contributed by atoms with E-state index in [9.17, 15) is 5.11 Å². The number of unbranched alkanes of at least 4 members (excludes halogenated alkanes) is 1. The van der Waals surface area contributed by atoms with Gasteiger partial charge in [0.1, 0.15) is 6.10 Å². The van der Waals surface area contributed by atoms with Crippen molar-refractivity contribution in [2.75, 3.05) is 26.4 Å². The first-order valence-electron chi connectivity index (χ1n) is 17.4. The summed E-state index contributed by atoms with van der Waals surface area (Å²) in [6.45, 7) is 29.5. The van der Waals surface area contributed by atoms with Crippen molar-refractivity contribution in [2.45, 2.75) is 110 Å². The van der Waals surface area contributed by atoms with Gasteiger partial charge in [-0.1, -0.05) is 134 Å². The van der Waals surface area contributed by atoms with Gasteiger partial charge in [0, 0.05) is 31.5 Å². The van der Waals surface area contributed by atoms with Crippen molar-refractivity contribution in [1.82, 2.24) is 0 Å². The maximum atomic E-state index is 11.7. The van der Waals surface area contributed by atoms with Crippen LogP contribution in [-0.4, -0.2) is 60.1 Å². The van der Waals surface area contributed by atoms with Crippen molar-refractivity contribution < 1.29 is 23.4 Å². The molecule has 2 aromatic carbocycles. The lowest BCUT2D eigenvalue weighted by atomic mass is 9.58. The molecular formula is C40H60O5Si2. The Labute approximate surface area is 287 Å². The van der Waals surface area contributed by atoms with Crippen LogP contribution in [0.15, 0.2) is 72.8 Å². The Bertz CT molecular complexity index is 1350.